The number of ether oxygens (including phenoxy) is 2. The van der Waals surface area contributed by atoms with Gasteiger partial charge in [0.25, 0.3) is 0 Å². The molecule has 0 bridgehead atoms. The predicted octanol–water partition coefficient (Wildman–Crippen LogP) is 7.64. The Morgan fingerprint density at radius 1 is 0.574 bits per heavy atom. The normalized spacial score (nSPS) is 11.6. The van der Waals surface area contributed by atoms with Gasteiger partial charge in [0.1, 0.15) is 10.1 Å². The summed E-state index contributed by atoms with van der Waals surface area (Å²) in [4.78, 5) is 25.0. The van der Waals surface area contributed by atoms with Gasteiger partial charge in [-0.25, -0.2) is 18.0 Å². The molecule has 47 heavy (non-hydrogen) atoms. The van der Waals surface area contributed by atoms with E-state index in [0.29, 0.717) is 12.8 Å². The second-order valence-electron chi connectivity index (χ2n) is 12.2. The van der Waals surface area contributed by atoms with Crippen molar-refractivity contribution >= 4 is 22.1 Å². The quantitative estimate of drug-likeness (QED) is 0.0278. The molecular formula is C38H61KO7S. The van der Waals surface area contributed by atoms with Gasteiger partial charge in [-0.2, -0.15) is 0 Å². The Kier molecular flexibility index (Phi) is 30.6. The van der Waals surface area contributed by atoms with Crippen LogP contribution in [0.5, 0.6) is 0 Å². The Morgan fingerprint density at radius 3 is 1.34 bits per heavy atom. The first-order chi connectivity index (χ1) is 22.3. The number of carbonyl (C=O) groups is 2. The van der Waals surface area contributed by atoms with Crippen molar-refractivity contribution in [3.8, 4) is 0 Å². The first-order valence-corrected chi connectivity index (χ1v) is 19.5. The fourth-order valence-corrected chi connectivity index (χ4v) is 5.67. The summed E-state index contributed by atoms with van der Waals surface area (Å²) in [5, 5.41) is 0. The second-order valence-corrected chi connectivity index (χ2v) is 13.6. The molecule has 0 aliphatic rings. The van der Waals surface area contributed by atoms with Gasteiger partial charge < -0.3 is 14.0 Å². The van der Waals surface area contributed by atoms with Crippen molar-refractivity contribution in [3.63, 3.8) is 0 Å². The molecule has 9 heteroatoms. The van der Waals surface area contributed by atoms with E-state index in [-0.39, 0.29) is 75.7 Å². The number of benzene rings is 1. The maximum Gasteiger partial charge on any atom is 1.00 e. The molecule has 0 aliphatic carbocycles. The molecule has 0 saturated heterocycles. The largest absolute Gasteiger partial charge is 1.00 e. The molecule has 0 aliphatic heterocycles. The molecule has 0 amide bonds. The summed E-state index contributed by atoms with van der Waals surface area (Å²) in [6, 6.07) is 3.06. The number of hydrogen-bond acceptors (Lipinski definition) is 7. The molecule has 0 N–H and O–H groups in total. The Labute approximate surface area is 329 Å². The fourth-order valence-electron chi connectivity index (χ4n) is 5.18. The van der Waals surface area contributed by atoms with Crippen LogP contribution in [0.15, 0.2) is 47.4 Å². The Hall–Kier alpha value is -0.814. The van der Waals surface area contributed by atoms with Crippen molar-refractivity contribution in [1.29, 1.82) is 0 Å². The van der Waals surface area contributed by atoms with Crippen LogP contribution in [0, 0.1) is 0 Å². The van der Waals surface area contributed by atoms with E-state index < -0.39 is 27.0 Å². The van der Waals surface area contributed by atoms with E-state index in [9.17, 15) is 22.6 Å². The zero-order valence-corrected chi connectivity index (χ0v) is 33.7. The van der Waals surface area contributed by atoms with E-state index in [4.69, 9.17) is 9.47 Å². The molecule has 1 aromatic carbocycles. The van der Waals surface area contributed by atoms with E-state index in [0.717, 1.165) is 43.9 Å². The van der Waals surface area contributed by atoms with Gasteiger partial charge in [0.15, 0.2) is 0 Å². The third-order valence-corrected chi connectivity index (χ3v) is 8.83. The predicted molar refractivity (Wildman–Crippen MR) is 186 cm³/mol. The van der Waals surface area contributed by atoms with Gasteiger partial charge in [-0.1, -0.05) is 128 Å². The van der Waals surface area contributed by atoms with Crippen LogP contribution in [-0.4, -0.2) is 38.1 Å². The van der Waals surface area contributed by atoms with Crippen molar-refractivity contribution in [2.75, 3.05) is 13.2 Å². The van der Waals surface area contributed by atoms with Crippen molar-refractivity contribution in [2.45, 2.75) is 160 Å². The molecule has 1 aromatic rings. The molecule has 0 aromatic heterocycles. The minimum atomic E-state index is -4.82. The van der Waals surface area contributed by atoms with E-state index in [2.05, 4.69) is 38.2 Å². The zero-order valence-electron chi connectivity index (χ0n) is 29.8. The Balaban J connectivity index is 0.0000212. The van der Waals surface area contributed by atoms with Crippen LogP contribution in [0.4, 0.5) is 0 Å². The third-order valence-electron chi connectivity index (χ3n) is 8.00. The summed E-state index contributed by atoms with van der Waals surface area (Å²) in [6.45, 7) is 4.72. The fraction of sp³-hybridized carbons (Fsp3) is 0.684. The number of esters is 2. The molecule has 0 spiro atoms. The van der Waals surface area contributed by atoms with Gasteiger partial charge in [0.2, 0.25) is 0 Å². The van der Waals surface area contributed by atoms with Crippen molar-refractivity contribution in [3.05, 3.63) is 53.6 Å². The van der Waals surface area contributed by atoms with Gasteiger partial charge in [0.05, 0.1) is 29.2 Å². The smallest absolute Gasteiger partial charge is 0.744 e. The third kappa shape index (κ3) is 24.9. The second kappa shape index (κ2) is 31.2. The van der Waals surface area contributed by atoms with Crippen LogP contribution >= 0.6 is 0 Å². The average Bonchev–Trinajstić information content (AvgIpc) is 3.04. The molecule has 0 unspecified atom stereocenters. The number of hydrogen-bond donors (Lipinski definition) is 0. The van der Waals surface area contributed by atoms with E-state index >= 15 is 0 Å². The Morgan fingerprint density at radius 2 is 0.936 bits per heavy atom. The average molecular weight is 701 g/mol. The summed E-state index contributed by atoms with van der Waals surface area (Å²) in [5.74, 6) is -1.61. The van der Waals surface area contributed by atoms with Crippen LogP contribution in [-0.2, 0) is 19.6 Å². The molecule has 0 radical (unpaired) electrons. The molecule has 0 heterocycles. The number of rotatable bonds is 29. The molecular weight excluding hydrogens is 640 g/mol. The number of allylic oxidation sites excluding steroid dienone is 4. The van der Waals surface area contributed by atoms with Gasteiger partial charge in [-0.05, 0) is 69.6 Å². The Bertz CT molecular complexity index is 1120. The summed E-state index contributed by atoms with van der Waals surface area (Å²) < 4.78 is 45.4. The standard InChI is InChI=1S/C38H62O7S.K/c1-3-5-7-9-11-13-15-17-19-21-23-25-27-31-44-37(39)35-30-29-34(46(41,42)43)33-36(35)38(40)45-32-28-26-24-22-20-18-16-14-12-10-8-6-4-2;/h21-24,29-30,33H,3-20,25-28,31-32H2,1-2H3,(H,41,42,43);/q;+1/p-1/b23-21+,24-22+;. The summed E-state index contributed by atoms with van der Waals surface area (Å²) >= 11 is 0. The van der Waals surface area contributed by atoms with E-state index in [1.165, 1.54) is 103 Å². The van der Waals surface area contributed by atoms with Gasteiger partial charge in [-0.15, -0.1) is 0 Å². The van der Waals surface area contributed by atoms with Crippen molar-refractivity contribution < 1.29 is 83.4 Å². The first kappa shape index (κ1) is 46.2. The molecule has 262 valence electrons. The number of carbonyl (C=O) groups excluding carboxylic acids is 2. The summed E-state index contributed by atoms with van der Waals surface area (Å²) in [7, 11) is -4.82. The first-order valence-electron chi connectivity index (χ1n) is 18.0. The van der Waals surface area contributed by atoms with Crippen molar-refractivity contribution in [1.82, 2.24) is 0 Å². The maximum absolute atomic E-state index is 12.8. The van der Waals surface area contributed by atoms with Crippen molar-refractivity contribution in [2.24, 2.45) is 0 Å². The molecule has 0 saturated carbocycles. The molecule has 1 rings (SSSR count). The zero-order chi connectivity index (χ0) is 33.7. The monoisotopic (exact) mass is 700 g/mol. The minimum Gasteiger partial charge on any atom is -0.744 e. The number of unbranched alkanes of at least 4 members (excludes halogenated alkanes) is 18. The van der Waals surface area contributed by atoms with Crippen LogP contribution < -0.4 is 51.4 Å². The molecule has 7 nitrogen and oxygen atoms in total. The SMILES string of the molecule is CCCCCCCCCC/C=C/CCCOC(=O)c1ccc(S(=O)(=O)[O-])cc1C(=O)OCCC/C=C/CCCCCCCCCC.[K+]. The minimum absolute atomic E-state index is 0. The topological polar surface area (TPSA) is 110 Å². The van der Waals surface area contributed by atoms with E-state index in [1.54, 1.807) is 0 Å². The van der Waals surface area contributed by atoms with Gasteiger partial charge in [0, 0.05) is 0 Å². The molecule has 0 atom stereocenters. The molecule has 0 fully saturated rings. The maximum atomic E-state index is 12.8. The summed E-state index contributed by atoms with van der Waals surface area (Å²) in [6.07, 6.45) is 33.9. The van der Waals surface area contributed by atoms with Crippen LogP contribution in [0.2, 0.25) is 0 Å². The van der Waals surface area contributed by atoms with E-state index in [1.807, 2.05) is 0 Å². The van der Waals surface area contributed by atoms with Gasteiger partial charge >= 0.3 is 63.3 Å². The van der Waals surface area contributed by atoms with Gasteiger partial charge in [-0.3, -0.25) is 0 Å². The van der Waals surface area contributed by atoms with Crippen LogP contribution in [0.3, 0.4) is 0 Å². The summed E-state index contributed by atoms with van der Waals surface area (Å²) in [5.41, 5.74) is -0.398. The van der Waals surface area contributed by atoms with Crippen LogP contribution in [0.25, 0.3) is 0 Å². The van der Waals surface area contributed by atoms with Crippen LogP contribution in [0.1, 0.15) is 176 Å².